The fourth-order valence-electron chi connectivity index (χ4n) is 3.38. The number of ether oxygens (including phenoxy) is 1. The van der Waals surface area contributed by atoms with Gasteiger partial charge < -0.3 is 14.5 Å². The molecule has 1 amide bonds. The summed E-state index contributed by atoms with van der Waals surface area (Å²) in [5.41, 5.74) is 3.52. The summed E-state index contributed by atoms with van der Waals surface area (Å²) in [6.45, 7) is 8.54. The molecule has 0 unspecified atom stereocenters. The van der Waals surface area contributed by atoms with Crippen LogP contribution in [-0.4, -0.2) is 47.8 Å². The molecule has 5 nitrogen and oxygen atoms in total. The molecule has 0 bridgehead atoms. The molecule has 1 aliphatic rings. The van der Waals surface area contributed by atoms with Crippen molar-refractivity contribution >= 4 is 44.9 Å². The molecule has 152 valence electrons. The summed E-state index contributed by atoms with van der Waals surface area (Å²) >= 11 is 8.01. The highest BCUT2D eigenvalue weighted by molar-refractivity contribution is 7.17. The van der Waals surface area contributed by atoms with Gasteiger partial charge in [0.05, 0.1) is 20.9 Å². The van der Waals surface area contributed by atoms with Gasteiger partial charge in [0.1, 0.15) is 5.60 Å². The van der Waals surface area contributed by atoms with Crippen molar-refractivity contribution in [2.45, 2.75) is 26.4 Å². The number of pyridine rings is 1. The second-order valence-corrected chi connectivity index (χ2v) is 9.45. The molecule has 2 aromatic heterocycles. The Kier molecular flexibility index (Phi) is 5.40. The van der Waals surface area contributed by atoms with Gasteiger partial charge in [0.15, 0.2) is 0 Å². The monoisotopic (exact) mass is 429 g/mol. The summed E-state index contributed by atoms with van der Waals surface area (Å²) in [4.78, 5) is 21.0. The van der Waals surface area contributed by atoms with Crippen LogP contribution in [-0.2, 0) is 4.74 Å². The number of rotatable bonds is 2. The Morgan fingerprint density at radius 3 is 2.45 bits per heavy atom. The number of thiophene rings is 1. The van der Waals surface area contributed by atoms with Gasteiger partial charge in [-0.25, -0.2) is 9.78 Å². The molecule has 1 saturated heterocycles. The second kappa shape index (κ2) is 7.84. The van der Waals surface area contributed by atoms with E-state index in [1.807, 2.05) is 38.3 Å². The van der Waals surface area contributed by atoms with Crippen LogP contribution in [0.2, 0.25) is 5.02 Å². The minimum Gasteiger partial charge on any atom is -0.444 e. The molecule has 7 heteroatoms. The number of piperazine rings is 1. The Balaban J connectivity index is 1.43. The Bertz CT molecular complexity index is 1020. The van der Waals surface area contributed by atoms with Crippen LogP contribution < -0.4 is 4.90 Å². The molecule has 4 rings (SSSR count). The van der Waals surface area contributed by atoms with Crippen molar-refractivity contribution in [1.29, 1.82) is 0 Å². The first-order chi connectivity index (χ1) is 13.8. The van der Waals surface area contributed by atoms with Crippen molar-refractivity contribution in [3.8, 4) is 11.3 Å². The maximum absolute atomic E-state index is 12.2. The highest BCUT2D eigenvalue weighted by Crippen LogP contribution is 2.32. The molecule has 3 aromatic rings. The van der Waals surface area contributed by atoms with Crippen molar-refractivity contribution in [3.63, 3.8) is 0 Å². The predicted octanol–water partition coefficient (Wildman–Crippen LogP) is 5.67. The molecule has 3 heterocycles. The first-order valence-electron chi connectivity index (χ1n) is 9.67. The van der Waals surface area contributed by atoms with Gasteiger partial charge in [-0.2, -0.15) is 0 Å². The van der Waals surface area contributed by atoms with E-state index in [1.54, 1.807) is 16.2 Å². The van der Waals surface area contributed by atoms with Crippen LogP contribution in [0.25, 0.3) is 21.5 Å². The number of nitrogens with zero attached hydrogens (tertiary/aromatic N) is 3. The number of aromatic nitrogens is 1. The SMILES string of the molecule is CC(C)(C)OC(=O)N1CCN(c2ccc(-c3cc(Cl)c4sccc4n3)cc2)CC1. The van der Waals surface area contributed by atoms with E-state index < -0.39 is 5.60 Å². The van der Waals surface area contributed by atoms with Gasteiger partial charge >= 0.3 is 6.09 Å². The molecule has 0 N–H and O–H groups in total. The predicted molar refractivity (Wildman–Crippen MR) is 120 cm³/mol. The lowest BCUT2D eigenvalue weighted by molar-refractivity contribution is 0.0240. The minimum absolute atomic E-state index is 0.237. The smallest absolute Gasteiger partial charge is 0.410 e. The number of anilines is 1. The summed E-state index contributed by atoms with van der Waals surface area (Å²) in [6, 6.07) is 12.3. The fraction of sp³-hybridized carbons (Fsp3) is 0.364. The van der Waals surface area contributed by atoms with Crippen molar-refractivity contribution < 1.29 is 9.53 Å². The number of benzene rings is 1. The second-order valence-electron chi connectivity index (χ2n) is 8.13. The van der Waals surface area contributed by atoms with Gasteiger partial charge in [-0.15, -0.1) is 11.3 Å². The first-order valence-corrected chi connectivity index (χ1v) is 10.9. The molecule has 1 fully saturated rings. The zero-order valence-electron chi connectivity index (χ0n) is 16.8. The zero-order valence-corrected chi connectivity index (χ0v) is 18.4. The summed E-state index contributed by atoms with van der Waals surface area (Å²) in [5, 5.41) is 2.75. The zero-order chi connectivity index (χ0) is 20.6. The van der Waals surface area contributed by atoms with Crippen molar-refractivity contribution in [3.05, 3.63) is 46.8 Å². The van der Waals surface area contributed by atoms with E-state index in [1.165, 1.54) is 0 Å². The van der Waals surface area contributed by atoms with Crippen LogP contribution in [0, 0.1) is 0 Å². The number of carbonyl (C=O) groups excluding carboxylic acids is 1. The lowest BCUT2D eigenvalue weighted by atomic mass is 10.1. The molecule has 0 aliphatic carbocycles. The van der Waals surface area contributed by atoms with Gasteiger partial charge in [-0.05, 0) is 50.4 Å². The Hall–Kier alpha value is -2.31. The molecule has 0 radical (unpaired) electrons. The van der Waals surface area contributed by atoms with E-state index >= 15 is 0 Å². The number of hydrogen-bond acceptors (Lipinski definition) is 5. The molecule has 0 atom stereocenters. The average molecular weight is 430 g/mol. The molecular formula is C22H24ClN3O2S. The number of hydrogen-bond donors (Lipinski definition) is 0. The highest BCUT2D eigenvalue weighted by Gasteiger charge is 2.26. The molecule has 29 heavy (non-hydrogen) atoms. The van der Waals surface area contributed by atoms with Crippen LogP contribution in [0.3, 0.4) is 0 Å². The van der Waals surface area contributed by atoms with E-state index in [2.05, 4.69) is 29.2 Å². The number of carbonyl (C=O) groups is 1. The Labute approximate surface area is 179 Å². The Morgan fingerprint density at radius 1 is 1.10 bits per heavy atom. The van der Waals surface area contributed by atoms with Gasteiger partial charge in [0.25, 0.3) is 0 Å². The van der Waals surface area contributed by atoms with Crippen molar-refractivity contribution in [1.82, 2.24) is 9.88 Å². The molecule has 0 saturated carbocycles. The lowest BCUT2D eigenvalue weighted by Crippen LogP contribution is -2.50. The summed E-state index contributed by atoms with van der Waals surface area (Å²) in [7, 11) is 0. The van der Waals surface area contributed by atoms with Crippen molar-refractivity contribution in [2.24, 2.45) is 0 Å². The minimum atomic E-state index is -0.465. The van der Waals surface area contributed by atoms with Crippen LogP contribution in [0.5, 0.6) is 0 Å². The van der Waals surface area contributed by atoms with Crippen molar-refractivity contribution in [2.75, 3.05) is 31.1 Å². The van der Waals surface area contributed by atoms with Gasteiger partial charge in [-0.3, -0.25) is 0 Å². The van der Waals surface area contributed by atoms with Gasteiger partial charge in [-0.1, -0.05) is 23.7 Å². The van der Waals surface area contributed by atoms with Crippen LogP contribution in [0.1, 0.15) is 20.8 Å². The maximum Gasteiger partial charge on any atom is 0.410 e. The normalized spacial score (nSPS) is 15.0. The van der Waals surface area contributed by atoms with Gasteiger partial charge in [0, 0.05) is 37.4 Å². The maximum atomic E-state index is 12.2. The fourth-order valence-corrected chi connectivity index (χ4v) is 4.45. The van der Waals surface area contributed by atoms with Crippen LogP contribution in [0.15, 0.2) is 41.8 Å². The summed E-state index contributed by atoms with van der Waals surface area (Å²) in [5.74, 6) is 0. The first kappa shape index (κ1) is 20.0. The van der Waals surface area contributed by atoms with E-state index in [0.717, 1.165) is 45.3 Å². The summed E-state index contributed by atoms with van der Waals surface area (Å²) in [6.07, 6.45) is -0.237. The average Bonchev–Trinajstić information content (AvgIpc) is 3.16. The molecule has 0 spiro atoms. The van der Waals surface area contributed by atoms with E-state index in [4.69, 9.17) is 21.3 Å². The molecule has 1 aromatic carbocycles. The van der Waals surface area contributed by atoms with Crippen LogP contribution in [0.4, 0.5) is 10.5 Å². The Morgan fingerprint density at radius 2 is 1.79 bits per heavy atom. The van der Waals surface area contributed by atoms with E-state index in [9.17, 15) is 4.79 Å². The largest absolute Gasteiger partial charge is 0.444 e. The lowest BCUT2D eigenvalue weighted by Gasteiger charge is -2.36. The third-order valence-electron chi connectivity index (χ3n) is 4.83. The van der Waals surface area contributed by atoms with E-state index in [0.29, 0.717) is 13.1 Å². The number of amides is 1. The third kappa shape index (κ3) is 4.49. The standard InChI is InChI=1S/C22H24ClN3O2S/c1-22(2,3)28-21(27)26-11-9-25(10-12-26)16-6-4-15(5-7-16)19-14-17(23)20-18(24-19)8-13-29-20/h4-8,13-14H,9-12H2,1-3H3. The van der Waals surface area contributed by atoms with E-state index in [-0.39, 0.29) is 6.09 Å². The quantitative estimate of drug-likeness (QED) is 0.526. The molecular weight excluding hydrogens is 406 g/mol. The topological polar surface area (TPSA) is 45.7 Å². The summed E-state index contributed by atoms with van der Waals surface area (Å²) < 4.78 is 6.49. The highest BCUT2D eigenvalue weighted by atomic mass is 35.5. The molecule has 1 aliphatic heterocycles. The third-order valence-corrected chi connectivity index (χ3v) is 6.17. The van der Waals surface area contributed by atoms with Gasteiger partial charge in [0.2, 0.25) is 0 Å². The van der Waals surface area contributed by atoms with Crippen LogP contribution >= 0.6 is 22.9 Å². The number of fused-ring (bicyclic) bond motifs is 1. The number of halogens is 1.